The lowest BCUT2D eigenvalue weighted by atomic mass is 10.2. The Kier molecular flexibility index (Phi) is 4.97. The fourth-order valence-electron chi connectivity index (χ4n) is 1.56. The van der Waals surface area contributed by atoms with Crippen LogP contribution in [0.3, 0.4) is 0 Å². The molecule has 0 bridgehead atoms. The van der Waals surface area contributed by atoms with Gasteiger partial charge < -0.3 is 5.11 Å². The Morgan fingerprint density at radius 3 is 2.52 bits per heavy atom. The molecule has 0 saturated heterocycles. The first-order valence-electron chi connectivity index (χ1n) is 5.56. The molecule has 0 radical (unpaired) electrons. The molecule has 21 heavy (non-hydrogen) atoms. The lowest BCUT2D eigenvalue weighted by Gasteiger charge is -2.11. The van der Waals surface area contributed by atoms with Crippen LogP contribution < -0.4 is 4.72 Å². The van der Waals surface area contributed by atoms with Crippen molar-refractivity contribution in [3.8, 4) is 0 Å². The minimum absolute atomic E-state index is 0.0584. The molecule has 0 aliphatic rings. The van der Waals surface area contributed by atoms with Crippen molar-refractivity contribution in [2.45, 2.75) is 11.5 Å². The summed E-state index contributed by atoms with van der Waals surface area (Å²) in [7, 11) is -4.16. The number of pyridine rings is 1. The Morgan fingerprint density at radius 2 is 1.95 bits per heavy atom. The van der Waals surface area contributed by atoms with Crippen LogP contribution in [0, 0.1) is 5.82 Å². The number of benzene rings is 1. The van der Waals surface area contributed by atoms with E-state index in [0.717, 1.165) is 6.07 Å². The first-order chi connectivity index (χ1) is 9.83. The molecule has 0 aliphatic carbocycles. The Labute approximate surface area is 137 Å². The molecule has 2 rings (SSSR count). The Bertz CT molecular complexity index is 767. The number of rotatable bonds is 4. The normalized spacial score (nSPS) is 11.4. The van der Waals surface area contributed by atoms with Gasteiger partial charge in [0.1, 0.15) is 16.5 Å². The summed E-state index contributed by atoms with van der Waals surface area (Å²) in [5.74, 6) is -0.937. The van der Waals surface area contributed by atoms with E-state index in [-0.39, 0.29) is 11.4 Å². The molecule has 0 spiro atoms. The van der Waals surface area contributed by atoms with E-state index in [9.17, 15) is 12.8 Å². The largest absolute Gasteiger partial charge is 0.392 e. The summed E-state index contributed by atoms with van der Waals surface area (Å²) in [5, 5.41) is 9.06. The monoisotopic (exact) mass is 438 g/mol. The molecule has 0 amide bonds. The van der Waals surface area contributed by atoms with E-state index in [0.29, 0.717) is 8.95 Å². The van der Waals surface area contributed by atoms with Crippen LogP contribution in [-0.2, 0) is 16.6 Å². The van der Waals surface area contributed by atoms with Gasteiger partial charge in [-0.3, -0.25) is 4.72 Å². The summed E-state index contributed by atoms with van der Waals surface area (Å²) >= 11 is 6.26. The molecule has 1 aromatic heterocycles. The lowest BCUT2D eigenvalue weighted by molar-refractivity contribution is 0.274. The van der Waals surface area contributed by atoms with Crippen molar-refractivity contribution in [2.75, 3.05) is 4.72 Å². The van der Waals surface area contributed by atoms with Gasteiger partial charge in [0, 0.05) is 20.7 Å². The number of halogens is 3. The van der Waals surface area contributed by atoms with Gasteiger partial charge in [-0.15, -0.1) is 0 Å². The van der Waals surface area contributed by atoms with Gasteiger partial charge in [-0.05, 0) is 40.2 Å². The minimum atomic E-state index is -4.16. The van der Waals surface area contributed by atoms with E-state index < -0.39 is 27.3 Å². The molecule has 1 aromatic carbocycles. The van der Waals surface area contributed by atoms with Crippen LogP contribution in [0.15, 0.2) is 44.3 Å². The number of nitrogens with one attached hydrogen (secondary N) is 1. The van der Waals surface area contributed by atoms with E-state index in [1.807, 2.05) is 0 Å². The number of hydrogen-bond acceptors (Lipinski definition) is 4. The van der Waals surface area contributed by atoms with Gasteiger partial charge >= 0.3 is 0 Å². The molecule has 0 unspecified atom stereocenters. The van der Waals surface area contributed by atoms with Crippen molar-refractivity contribution < 1.29 is 17.9 Å². The van der Waals surface area contributed by atoms with Gasteiger partial charge in [0.25, 0.3) is 10.0 Å². The van der Waals surface area contributed by atoms with Gasteiger partial charge in [-0.1, -0.05) is 15.9 Å². The Balaban J connectivity index is 2.44. The highest BCUT2D eigenvalue weighted by atomic mass is 79.9. The highest BCUT2D eigenvalue weighted by molar-refractivity contribution is 9.10. The second-order valence-electron chi connectivity index (χ2n) is 4.00. The molecule has 9 heteroatoms. The number of aliphatic hydroxyl groups is 1. The highest BCUT2D eigenvalue weighted by Crippen LogP contribution is 2.25. The maximum atomic E-state index is 14.1. The van der Waals surface area contributed by atoms with Crippen LogP contribution in [0.1, 0.15) is 5.56 Å². The molecular weight excluding hydrogens is 431 g/mol. The van der Waals surface area contributed by atoms with E-state index in [1.165, 1.54) is 18.3 Å². The van der Waals surface area contributed by atoms with E-state index in [1.54, 1.807) is 6.07 Å². The van der Waals surface area contributed by atoms with Crippen molar-refractivity contribution in [3.63, 3.8) is 0 Å². The van der Waals surface area contributed by atoms with Gasteiger partial charge in [0.05, 0.1) is 6.61 Å². The van der Waals surface area contributed by atoms with E-state index in [4.69, 9.17) is 5.11 Å². The number of anilines is 1. The predicted molar refractivity (Wildman–Crippen MR) is 82.8 cm³/mol. The fraction of sp³-hybridized carbons (Fsp3) is 0.0833. The predicted octanol–water partition coefficient (Wildman–Crippen LogP) is 3.04. The van der Waals surface area contributed by atoms with Gasteiger partial charge in [-0.25, -0.2) is 17.8 Å². The van der Waals surface area contributed by atoms with Crippen LogP contribution in [-0.4, -0.2) is 18.5 Å². The maximum Gasteiger partial charge on any atom is 0.266 e. The first-order valence-corrected chi connectivity index (χ1v) is 8.63. The third-order valence-corrected chi connectivity index (χ3v) is 4.79. The summed E-state index contributed by atoms with van der Waals surface area (Å²) in [6.07, 6.45) is 1.41. The number of hydrogen-bond donors (Lipinski definition) is 2. The molecule has 0 aliphatic heterocycles. The van der Waals surface area contributed by atoms with Gasteiger partial charge in [-0.2, -0.15) is 0 Å². The molecule has 112 valence electrons. The van der Waals surface area contributed by atoms with E-state index in [2.05, 4.69) is 41.6 Å². The second-order valence-corrected chi connectivity index (χ2v) is 7.48. The molecule has 0 saturated carbocycles. The number of aliphatic hydroxyl groups excluding tert-OH is 1. The highest BCUT2D eigenvalue weighted by Gasteiger charge is 2.22. The lowest BCUT2D eigenvalue weighted by Crippen LogP contribution is -2.16. The summed E-state index contributed by atoms with van der Waals surface area (Å²) in [4.78, 5) is 3.30. The summed E-state index contributed by atoms with van der Waals surface area (Å²) in [5.41, 5.74) is -0.117. The molecule has 5 nitrogen and oxygen atoms in total. The van der Waals surface area contributed by atoms with Crippen molar-refractivity contribution in [3.05, 3.63) is 50.8 Å². The quantitative estimate of drug-likeness (QED) is 0.767. The first kappa shape index (κ1) is 16.3. The average Bonchev–Trinajstić information content (AvgIpc) is 2.43. The molecule has 0 fully saturated rings. The van der Waals surface area contributed by atoms with Crippen LogP contribution in [0.4, 0.5) is 10.2 Å². The molecule has 2 N–H and O–H groups in total. The van der Waals surface area contributed by atoms with Crippen LogP contribution in [0.2, 0.25) is 0 Å². The third kappa shape index (κ3) is 3.79. The molecule has 1 heterocycles. The zero-order chi connectivity index (χ0) is 15.6. The number of sulfonamides is 1. The zero-order valence-electron chi connectivity index (χ0n) is 10.3. The van der Waals surface area contributed by atoms with Gasteiger partial charge in [0.15, 0.2) is 0 Å². The van der Waals surface area contributed by atoms with Crippen LogP contribution >= 0.6 is 31.9 Å². The fourth-order valence-corrected chi connectivity index (χ4v) is 3.60. The van der Waals surface area contributed by atoms with Crippen molar-refractivity contribution in [1.82, 2.24) is 4.98 Å². The summed E-state index contributed by atoms with van der Waals surface area (Å²) < 4.78 is 41.7. The minimum Gasteiger partial charge on any atom is -0.392 e. The summed E-state index contributed by atoms with van der Waals surface area (Å²) in [6.45, 7) is -0.607. The van der Waals surface area contributed by atoms with Crippen molar-refractivity contribution in [2.24, 2.45) is 0 Å². The van der Waals surface area contributed by atoms with Crippen molar-refractivity contribution in [1.29, 1.82) is 0 Å². The third-order valence-electron chi connectivity index (χ3n) is 2.51. The molecular formula is C12H9Br2FN2O3S. The van der Waals surface area contributed by atoms with E-state index >= 15 is 0 Å². The zero-order valence-corrected chi connectivity index (χ0v) is 14.3. The average molecular weight is 440 g/mol. The SMILES string of the molecule is O=S(=O)(Nc1ccc(Br)cn1)c1cc(Br)cc(CO)c1F. The summed E-state index contributed by atoms with van der Waals surface area (Å²) in [6, 6.07) is 5.47. The second kappa shape index (κ2) is 6.39. The Hall–Kier alpha value is -1.03. The van der Waals surface area contributed by atoms with Crippen LogP contribution in [0.25, 0.3) is 0 Å². The maximum absolute atomic E-state index is 14.1. The molecule has 2 aromatic rings. The number of aromatic nitrogens is 1. The molecule has 0 atom stereocenters. The van der Waals surface area contributed by atoms with Crippen molar-refractivity contribution >= 4 is 47.7 Å². The van der Waals surface area contributed by atoms with Gasteiger partial charge in [0.2, 0.25) is 0 Å². The van der Waals surface area contributed by atoms with Crippen LogP contribution in [0.5, 0.6) is 0 Å². The standard InChI is InChI=1S/C12H9Br2FN2O3S/c13-8-1-2-11(16-5-8)17-21(19,20)10-4-9(14)3-7(6-18)12(10)15/h1-5,18H,6H2,(H,16,17). The topological polar surface area (TPSA) is 79.3 Å². The Morgan fingerprint density at radius 1 is 1.24 bits per heavy atom. The number of nitrogens with zero attached hydrogens (tertiary/aromatic N) is 1. The smallest absolute Gasteiger partial charge is 0.266 e.